The van der Waals surface area contributed by atoms with Gasteiger partial charge in [0.1, 0.15) is 10.8 Å². The van der Waals surface area contributed by atoms with Crippen molar-refractivity contribution in [3.8, 4) is 11.3 Å². The van der Waals surface area contributed by atoms with Gasteiger partial charge in [0.05, 0.1) is 4.47 Å². The zero-order valence-electron chi connectivity index (χ0n) is 7.30. The minimum Gasteiger partial charge on any atom is -0.380 e. The van der Waals surface area contributed by atoms with E-state index in [1.165, 1.54) is 6.07 Å². The standard InChI is InChI=1S/C9H5BrClFN2O/c10-6-4(2-1-3-5(6)12)8-7(11)9(13)14-15-8/h1-3H,(H2,13,14). The van der Waals surface area contributed by atoms with Crippen LogP contribution in [-0.4, -0.2) is 5.16 Å². The van der Waals surface area contributed by atoms with Gasteiger partial charge in [-0.1, -0.05) is 22.8 Å². The molecule has 0 radical (unpaired) electrons. The normalized spacial score (nSPS) is 10.6. The molecule has 3 nitrogen and oxygen atoms in total. The molecule has 0 atom stereocenters. The Bertz CT molecular complexity index is 515. The first-order valence-electron chi connectivity index (χ1n) is 3.96. The first-order chi connectivity index (χ1) is 7.11. The summed E-state index contributed by atoms with van der Waals surface area (Å²) < 4.78 is 18.4. The number of halogens is 3. The largest absolute Gasteiger partial charge is 0.380 e. The van der Waals surface area contributed by atoms with Crippen molar-refractivity contribution in [2.45, 2.75) is 0 Å². The smallest absolute Gasteiger partial charge is 0.188 e. The minimum absolute atomic E-state index is 0.0860. The fourth-order valence-electron chi connectivity index (χ4n) is 1.14. The molecular formula is C9H5BrClFN2O. The maximum absolute atomic E-state index is 13.2. The Morgan fingerprint density at radius 2 is 2.20 bits per heavy atom. The van der Waals surface area contributed by atoms with E-state index in [4.69, 9.17) is 21.9 Å². The van der Waals surface area contributed by atoms with Crippen molar-refractivity contribution < 1.29 is 8.91 Å². The van der Waals surface area contributed by atoms with E-state index in [1.54, 1.807) is 12.1 Å². The SMILES string of the molecule is Nc1noc(-c2cccc(F)c2Br)c1Cl. The summed E-state index contributed by atoms with van der Waals surface area (Å²) >= 11 is 8.94. The molecule has 0 aliphatic heterocycles. The molecule has 0 saturated heterocycles. The number of aromatic nitrogens is 1. The van der Waals surface area contributed by atoms with Crippen molar-refractivity contribution in [2.75, 3.05) is 5.73 Å². The zero-order chi connectivity index (χ0) is 11.0. The van der Waals surface area contributed by atoms with Gasteiger partial charge in [-0.05, 0) is 28.1 Å². The van der Waals surface area contributed by atoms with Crippen LogP contribution in [0.5, 0.6) is 0 Å². The molecule has 0 saturated carbocycles. The molecule has 1 aromatic carbocycles. The topological polar surface area (TPSA) is 52.0 Å². The van der Waals surface area contributed by atoms with E-state index in [2.05, 4.69) is 21.1 Å². The second kappa shape index (κ2) is 3.83. The van der Waals surface area contributed by atoms with Crippen molar-refractivity contribution in [3.63, 3.8) is 0 Å². The lowest BCUT2D eigenvalue weighted by molar-refractivity contribution is 0.435. The second-order valence-corrected chi connectivity index (χ2v) is 3.98. The van der Waals surface area contributed by atoms with Crippen molar-refractivity contribution in [1.29, 1.82) is 0 Å². The highest BCUT2D eigenvalue weighted by molar-refractivity contribution is 9.10. The Morgan fingerprint density at radius 3 is 2.80 bits per heavy atom. The van der Waals surface area contributed by atoms with Gasteiger partial charge in [0, 0.05) is 5.56 Å². The predicted molar refractivity (Wildman–Crippen MR) is 59.0 cm³/mol. The third-order valence-electron chi connectivity index (χ3n) is 1.86. The highest BCUT2D eigenvalue weighted by Crippen LogP contribution is 2.37. The van der Waals surface area contributed by atoms with Crippen LogP contribution in [0.3, 0.4) is 0 Å². The first kappa shape index (κ1) is 10.4. The Balaban J connectivity index is 2.64. The van der Waals surface area contributed by atoms with Crippen LogP contribution < -0.4 is 5.73 Å². The Kier molecular flexibility index (Phi) is 2.67. The molecule has 0 bridgehead atoms. The molecule has 0 fully saturated rings. The van der Waals surface area contributed by atoms with Gasteiger partial charge in [-0.15, -0.1) is 0 Å². The third-order valence-corrected chi connectivity index (χ3v) is 3.03. The van der Waals surface area contributed by atoms with Gasteiger partial charge in [-0.25, -0.2) is 4.39 Å². The lowest BCUT2D eigenvalue weighted by Gasteiger charge is -2.00. The van der Waals surface area contributed by atoms with Gasteiger partial charge in [0.25, 0.3) is 0 Å². The van der Waals surface area contributed by atoms with Gasteiger partial charge in [0.2, 0.25) is 0 Å². The molecule has 6 heteroatoms. The molecule has 0 aliphatic carbocycles. The van der Waals surface area contributed by atoms with E-state index in [0.29, 0.717) is 5.56 Å². The van der Waals surface area contributed by atoms with Crippen LogP contribution in [0, 0.1) is 5.82 Å². The lowest BCUT2D eigenvalue weighted by Crippen LogP contribution is -1.85. The Labute approximate surface area is 98.1 Å². The average molecular weight is 292 g/mol. The number of anilines is 1. The van der Waals surface area contributed by atoms with Gasteiger partial charge < -0.3 is 10.3 Å². The van der Waals surface area contributed by atoms with E-state index in [-0.39, 0.29) is 21.1 Å². The van der Waals surface area contributed by atoms with E-state index >= 15 is 0 Å². The van der Waals surface area contributed by atoms with Crippen LogP contribution >= 0.6 is 27.5 Å². The van der Waals surface area contributed by atoms with Crippen LogP contribution in [0.25, 0.3) is 11.3 Å². The molecule has 0 amide bonds. The molecule has 0 spiro atoms. The number of rotatable bonds is 1. The van der Waals surface area contributed by atoms with Crippen molar-refractivity contribution >= 4 is 33.3 Å². The molecule has 0 unspecified atom stereocenters. The molecule has 1 aromatic heterocycles. The molecule has 2 N–H and O–H groups in total. The van der Waals surface area contributed by atoms with E-state index in [9.17, 15) is 4.39 Å². The van der Waals surface area contributed by atoms with Gasteiger partial charge in [-0.2, -0.15) is 0 Å². The third kappa shape index (κ3) is 1.72. The summed E-state index contributed by atoms with van der Waals surface area (Å²) in [6.45, 7) is 0. The minimum atomic E-state index is -0.404. The Morgan fingerprint density at radius 1 is 1.47 bits per heavy atom. The fourth-order valence-corrected chi connectivity index (χ4v) is 1.75. The van der Waals surface area contributed by atoms with Gasteiger partial charge >= 0.3 is 0 Å². The number of hydrogen-bond donors (Lipinski definition) is 1. The molecule has 1 heterocycles. The average Bonchev–Trinajstić information content (AvgIpc) is 2.53. The molecular weight excluding hydrogens is 286 g/mol. The molecule has 78 valence electrons. The Hall–Kier alpha value is -1.07. The fraction of sp³-hybridized carbons (Fsp3) is 0. The predicted octanol–water partition coefficient (Wildman–Crippen LogP) is 3.48. The highest BCUT2D eigenvalue weighted by atomic mass is 79.9. The number of hydrogen-bond acceptors (Lipinski definition) is 3. The quantitative estimate of drug-likeness (QED) is 0.875. The molecule has 0 aliphatic rings. The summed E-state index contributed by atoms with van der Waals surface area (Å²) in [6, 6.07) is 4.52. The van der Waals surface area contributed by atoms with Crippen molar-refractivity contribution in [1.82, 2.24) is 5.16 Å². The van der Waals surface area contributed by atoms with Gasteiger partial charge in [-0.3, -0.25) is 0 Å². The molecule has 2 aromatic rings. The molecule has 15 heavy (non-hydrogen) atoms. The van der Waals surface area contributed by atoms with Crippen LogP contribution in [0.4, 0.5) is 10.2 Å². The summed E-state index contributed by atoms with van der Waals surface area (Å²) in [6.07, 6.45) is 0. The number of nitrogens with two attached hydrogens (primary N) is 1. The van der Waals surface area contributed by atoms with Crippen LogP contribution in [0.15, 0.2) is 27.2 Å². The van der Waals surface area contributed by atoms with Crippen molar-refractivity contribution in [2.24, 2.45) is 0 Å². The monoisotopic (exact) mass is 290 g/mol. The van der Waals surface area contributed by atoms with Gasteiger partial charge in [0.15, 0.2) is 11.6 Å². The maximum atomic E-state index is 13.2. The summed E-state index contributed by atoms with van der Waals surface area (Å²) in [5, 5.41) is 3.67. The van der Waals surface area contributed by atoms with E-state index < -0.39 is 5.82 Å². The van der Waals surface area contributed by atoms with Crippen LogP contribution in [-0.2, 0) is 0 Å². The summed E-state index contributed by atoms with van der Waals surface area (Å²) in [7, 11) is 0. The first-order valence-corrected chi connectivity index (χ1v) is 5.13. The molecule has 2 rings (SSSR count). The number of nitrogen functional groups attached to an aromatic ring is 1. The van der Waals surface area contributed by atoms with Crippen molar-refractivity contribution in [3.05, 3.63) is 33.5 Å². The maximum Gasteiger partial charge on any atom is 0.188 e. The highest BCUT2D eigenvalue weighted by Gasteiger charge is 2.17. The zero-order valence-corrected chi connectivity index (χ0v) is 9.64. The lowest BCUT2D eigenvalue weighted by atomic mass is 10.2. The summed E-state index contributed by atoms with van der Waals surface area (Å²) in [4.78, 5) is 0. The summed E-state index contributed by atoms with van der Waals surface area (Å²) in [5.41, 5.74) is 5.90. The summed E-state index contributed by atoms with van der Waals surface area (Å²) in [5.74, 6) is -0.0677. The van der Waals surface area contributed by atoms with E-state index in [1.807, 2.05) is 0 Å². The van der Waals surface area contributed by atoms with E-state index in [0.717, 1.165) is 0 Å². The van der Waals surface area contributed by atoms with Crippen LogP contribution in [0.1, 0.15) is 0 Å². The number of nitrogens with zero attached hydrogens (tertiary/aromatic N) is 1. The van der Waals surface area contributed by atoms with Crippen LogP contribution in [0.2, 0.25) is 5.02 Å². The number of benzene rings is 1. The second-order valence-electron chi connectivity index (χ2n) is 2.81.